The third-order valence-electron chi connectivity index (χ3n) is 3.34. The van der Waals surface area contributed by atoms with Crippen molar-refractivity contribution in [3.63, 3.8) is 0 Å². The van der Waals surface area contributed by atoms with Crippen LogP contribution >= 0.6 is 0 Å². The molecule has 2 N–H and O–H groups in total. The quantitative estimate of drug-likeness (QED) is 0.882. The Balaban J connectivity index is 2.05. The molecule has 0 radical (unpaired) electrons. The lowest BCUT2D eigenvalue weighted by Gasteiger charge is -2.11. The number of carbonyl (C=O) groups excluding carboxylic acids is 1. The molecule has 1 aromatic carbocycles. The molecular weight excluding hydrogens is 274 g/mol. The molecule has 0 saturated carbocycles. The minimum Gasteiger partial charge on any atom is -0.354 e. The van der Waals surface area contributed by atoms with Crippen molar-refractivity contribution in [1.29, 1.82) is 0 Å². The Kier molecular flexibility index (Phi) is 5.15. The topological polar surface area (TPSA) is 54.0 Å². The largest absolute Gasteiger partial charge is 0.354 e. The van der Waals surface area contributed by atoms with E-state index >= 15 is 0 Å². The van der Waals surface area contributed by atoms with Crippen molar-refractivity contribution < 1.29 is 4.79 Å². The predicted molar refractivity (Wildman–Crippen MR) is 90.6 cm³/mol. The summed E-state index contributed by atoms with van der Waals surface area (Å²) in [6, 6.07) is 9.88. The van der Waals surface area contributed by atoms with Crippen LogP contribution in [0.25, 0.3) is 0 Å². The Hall–Kier alpha value is -2.36. The van der Waals surface area contributed by atoms with Crippen LogP contribution in [0.15, 0.2) is 36.5 Å². The first-order valence-corrected chi connectivity index (χ1v) is 7.54. The SMILES string of the molecule is Cc1ccc(C)c(Nc2ccc(C(=O)NCC(C)C)nc2)c1. The van der Waals surface area contributed by atoms with E-state index in [0.29, 0.717) is 18.2 Å². The number of hydrogen-bond acceptors (Lipinski definition) is 3. The molecular formula is C18H23N3O. The maximum Gasteiger partial charge on any atom is 0.269 e. The molecule has 0 unspecified atom stereocenters. The maximum atomic E-state index is 11.9. The highest BCUT2D eigenvalue weighted by atomic mass is 16.1. The normalized spacial score (nSPS) is 10.6. The average Bonchev–Trinajstić information content (AvgIpc) is 2.49. The van der Waals surface area contributed by atoms with Gasteiger partial charge in [0.15, 0.2) is 0 Å². The molecule has 1 amide bonds. The number of carbonyl (C=O) groups is 1. The standard InChI is InChI=1S/C18H23N3O/c1-12(2)10-20-18(22)16-8-7-15(11-19-16)21-17-9-13(3)5-6-14(17)4/h5-9,11-12,21H,10H2,1-4H3,(H,20,22). The zero-order valence-electron chi connectivity index (χ0n) is 13.6. The lowest BCUT2D eigenvalue weighted by Crippen LogP contribution is -2.27. The van der Waals surface area contributed by atoms with Crippen LogP contribution in [-0.2, 0) is 0 Å². The van der Waals surface area contributed by atoms with E-state index in [0.717, 1.165) is 11.4 Å². The molecule has 0 fully saturated rings. The molecule has 0 bridgehead atoms. The molecule has 0 aliphatic heterocycles. The van der Waals surface area contributed by atoms with Gasteiger partial charge in [-0.3, -0.25) is 4.79 Å². The van der Waals surface area contributed by atoms with Crippen molar-refractivity contribution >= 4 is 17.3 Å². The Morgan fingerprint density at radius 1 is 1.18 bits per heavy atom. The molecule has 4 heteroatoms. The number of nitrogens with one attached hydrogen (secondary N) is 2. The highest BCUT2D eigenvalue weighted by molar-refractivity contribution is 5.92. The Morgan fingerprint density at radius 3 is 2.59 bits per heavy atom. The van der Waals surface area contributed by atoms with Gasteiger partial charge in [0.1, 0.15) is 5.69 Å². The third-order valence-corrected chi connectivity index (χ3v) is 3.34. The van der Waals surface area contributed by atoms with E-state index in [2.05, 4.69) is 61.5 Å². The van der Waals surface area contributed by atoms with Crippen LogP contribution in [0.5, 0.6) is 0 Å². The second-order valence-electron chi connectivity index (χ2n) is 5.98. The van der Waals surface area contributed by atoms with Crippen LogP contribution in [0.3, 0.4) is 0 Å². The molecule has 2 rings (SSSR count). The van der Waals surface area contributed by atoms with Crippen LogP contribution in [0.2, 0.25) is 0 Å². The van der Waals surface area contributed by atoms with Crippen molar-refractivity contribution in [1.82, 2.24) is 10.3 Å². The summed E-state index contributed by atoms with van der Waals surface area (Å²) >= 11 is 0. The zero-order valence-corrected chi connectivity index (χ0v) is 13.6. The van der Waals surface area contributed by atoms with E-state index in [9.17, 15) is 4.79 Å². The number of aryl methyl sites for hydroxylation is 2. The Morgan fingerprint density at radius 2 is 1.95 bits per heavy atom. The molecule has 1 aromatic heterocycles. The van der Waals surface area contributed by atoms with Gasteiger partial charge in [0, 0.05) is 12.2 Å². The maximum absolute atomic E-state index is 11.9. The number of aromatic nitrogens is 1. The number of rotatable bonds is 5. The van der Waals surface area contributed by atoms with E-state index < -0.39 is 0 Å². The average molecular weight is 297 g/mol. The van der Waals surface area contributed by atoms with E-state index in [1.807, 2.05) is 6.07 Å². The van der Waals surface area contributed by atoms with Crippen molar-refractivity contribution in [3.8, 4) is 0 Å². The Bertz CT molecular complexity index is 648. The molecule has 0 saturated heterocycles. The van der Waals surface area contributed by atoms with Gasteiger partial charge in [-0.2, -0.15) is 0 Å². The molecule has 116 valence electrons. The summed E-state index contributed by atoms with van der Waals surface area (Å²) in [4.78, 5) is 16.2. The van der Waals surface area contributed by atoms with Gasteiger partial charge < -0.3 is 10.6 Å². The number of benzene rings is 1. The second-order valence-corrected chi connectivity index (χ2v) is 5.98. The first-order chi connectivity index (χ1) is 10.5. The molecule has 2 aromatic rings. The van der Waals surface area contributed by atoms with Gasteiger partial charge in [-0.25, -0.2) is 4.98 Å². The van der Waals surface area contributed by atoms with E-state index in [4.69, 9.17) is 0 Å². The molecule has 0 atom stereocenters. The third kappa shape index (κ3) is 4.32. The van der Waals surface area contributed by atoms with Crippen LogP contribution in [0, 0.1) is 19.8 Å². The van der Waals surface area contributed by atoms with Gasteiger partial charge in [-0.15, -0.1) is 0 Å². The summed E-state index contributed by atoms with van der Waals surface area (Å²) < 4.78 is 0. The smallest absolute Gasteiger partial charge is 0.269 e. The molecule has 4 nitrogen and oxygen atoms in total. The van der Waals surface area contributed by atoms with Gasteiger partial charge in [0.25, 0.3) is 5.91 Å². The number of anilines is 2. The van der Waals surface area contributed by atoms with Crippen molar-refractivity contribution in [2.75, 3.05) is 11.9 Å². The molecule has 1 heterocycles. The molecule has 0 spiro atoms. The summed E-state index contributed by atoms with van der Waals surface area (Å²) in [5, 5.41) is 6.20. The summed E-state index contributed by atoms with van der Waals surface area (Å²) in [7, 11) is 0. The molecule has 22 heavy (non-hydrogen) atoms. The highest BCUT2D eigenvalue weighted by Gasteiger charge is 2.07. The summed E-state index contributed by atoms with van der Waals surface area (Å²) in [5.74, 6) is 0.293. The molecule has 0 aliphatic carbocycles. The van der Waals surface area contributed by atoms with Gasteiger partial charge in [0.2, 0.25) is 0 Å². The Labute approximate surface area is 132 Å². The minimum atomic E-state index is -0.132. The first-order valence-electron chi connectivity index (χ1n) is 7.54. The summed E-state index contributed by atoms with van der Waals surface area (Å²) in [6.45, 7) is 8.90. The molecule has 0 aliphatic rings. The monoisotopic (exact) mass is 297 g/mol. The second kappa shape index (κ2) is 7.07. The van der Waals surface area contributed by atoms with Gasteiger partial charge >= 0.3 is 0 Å². The van der Waals surface area contributed by atoms with Crippen LogP contribution in [-0.4, -0.2) is 17.4 Å². The van der Waals surface area contributed by atoms with Crippen molar-refractivity contribution in [2.45, 2.75) is 27.7 Å². The summed E-state index contributed by atoms with van der Waals surface area (Å²) in [6.07, 6.45) is 1.69. The zero-order chi connectivity index (χ0) is 16.1. The fourth-order valence-electron chi connectivity index (χ4n) is 2.02. The van der Waals surface area contributed by atoms with Gasteiger partial charge in [0.05, 0.1) is 11.9 Å². The van der Waals surface area contributed by atoms with Crippen LogP contribution in [0.1, 0.15) is 35.5 Å². The minimum absolute atomic E-state index is 0.132. The van der Waals surface area contributed by atoms with Crippen LogP contribution in [0.4, 0.5) is 11.4 Å². The lowest BCUT2D eigenvalue weighted by molar-refractivity contribution is 0.0944. The van der Waals surface area contributed by atoms with Crippen molar-refractivity contribution in [3.05, 3.63) is 53.3 Å². The van der Waals surface area contributed by atoms with Crippen molar-refractivity contribution in [2.24, 2.45) is 5.92 Å². The van der Waals surface area contributed by atoms with E-state index in [-0.39, 0.29) is 5.91 Å². The van der Waals surface area contributed by atoms with Gasteiger partial charge in [-0.1, -0.05) is 26.0 Å². The van der Waals surface area contributed by atoms with Gasteiger partial charge in [-0.05, 0) is 49.1 Å². The first kappa shape index (κ1) is 16.0. The number of hydrogen-bond donors (Lipinski definition) is 2. The highest BCUT2D eigenvalue weighted by Crippen LogP contribution is 2.21. The number of pyridine rings is 1. The van der Waals surface area contributed by atoms with Crippen LogP contribution < -0.4 is 10.6 Å². The number of nitrogens with zero attached hydrogens (tertiary/aromatic N) is 1. The van der Waals surface area contributed by atoms with E-state index in [1.54, 1.807) is 12.3 Å². The summed E-state index contributed by atoms with van der Waals surface area (Å²) in [5.41, 5.74) is 4.73. The fourth-order valence-corrected chi connectivity index (χ4v) is 2.02. The van der Waals surface area contributed by atoms with E-state index in [1.165, 1.54) is 11.1 Å². The predicted octanol–water partition coefficient (Wildman–Crippen LogP) is 3.83. The fraction of sp³-hybridized carbons (Fsp3) is 0.333. The number of amides is 1. The lowest BCUT2D eigenvalue weighted by atomic mass is 10.1.